The average Bonchev–Trinajstić information content (AvgIpc) is 2.38. The minimum absolute atomic E-state index is 0.241. The summed E-state index contributed by atoms with van der Waals surface area (Å²) in [5.41, 5.74) is 5.61. The molecule has 4 N–H and O–H groups in total. The number of hydrogen-bond donors (Lipinski definition) is 3. The topological polar surface area (TPSA) is 67.2 Å². The normalized spacial score (nSPS) is 11.1. The molecule has 0 bridgehead atoms. The van der Waals surface area contributed by atoms with Gasteiger partial charge in [-0.05, 0) is 25.3 Å². The van der Waals surface area contributed by atoms with Crippen LogP contribution in [0.4, 0.5) is 10.5 Å². The number of fused-ring (bicyclic) bond motifs is 1. The van der Waals surface area contributed by atoms with Crippen LogP contribution in [0.5, 0.6) is 0 Å². The Morgan fingerprint density at radius 1 is 1.15 bits per heavy atom. The van der Waals surface area contributed by atoms with E-state index in [1.807, 2.05) is 42.5 Å². The van der Waals surface area contributed by atoms with E-state index in [0.717, 1.165) is 16.5 Å². The van der Waals surface area contributed by atoms with Crippen LogP contribution in [0.3, 0.4) is 0 Å². The predicted octanol–water partition coefficient (Wildman–Crippen LogP) is 3.03. The molecule has 0 atom stereocenters. The Morgan fingerprint density at radius 3 is 2.50 bits per heavy atom. The van der Waals surface area contributed by atoms with Crippen molar-refractivity contribution in [2.75, 3.05) is 5.32 Å². The fourth-order valence-electron chi connectivity index (χ4n) is 1.83. The zero-order valence-corrected chi connectivity index (χ0v) is 12.3. The van der Waals surface area contributed by atoms with Crippen LogP contribution in [0.1, 0.15) is 13.8 Å². The Hall–Kier alpha value is -2.14. The van der Waals surface area contributed by atoms with Gasteiger partial charge in [0, 0.05) is 5.39 Å². The third-order valence-corrected chi connectivity index (χ3v) is 3.59. The lowest BCUT2D eigenvalue weighted by molar-refractivity contribution is 0.247. The van der Waals surface area contributed by atoms with E-state index in [4.69, 9.17) is 18.0 Å². The number of nitrogens with one attached hydrogen (secondary N) is 2. The zero-order chi connectivity index (χ0) is 14.8. The van der Waals surface area contributed by atoms with Gasteiger partial charge in [-0.25, -0.2) is 4.79 Å². The second kappa shape index (κ2) is 5.46. The van der Waals surface area contributed by atoms with Crippen LogP contribution in [0.25, 0.3) is 10.8 Å². The first-order valence-electron chi connectivity index (χ1n) is 6.27. The summed E-state index contributed by atoms with van der Waals surface area (Å²) < 4.78 is 0. The van der Waals surface area contributed by atoms with Crippen LogP contribution in [-0.2, 0) is 0 Å². The molecule has 0 radical (unpaired) electrons. The maximum absolute atomic E-state index is 12.0. The molecular weight excluding hydrogens is 270 g/mol. The number of thiocarbonyl (C=S) groups is 1. The first kappa shape index (κ1) is 14.3. The van der Waals surface area contributed by atoms with Gasteiger partial charge in [-0.15, -0.1) is 0 Å². The predicted molar refractivity (Wildman–Crippen MR) is 87.0 cm³/mol. The highest BCUT2D eigenvalue weighted by atomic mass is 32.1. The second-order valence-corrected chi connectivity index (χ2v) is 5.53. The zero-order valence-electron chi connectivity index (χ0n) is 11.4. The summed E-state index contributed by atoms with van der Waals surface area (Å²) in [6, 6.07) is 13.3. The van der Waals surface area contributed by atoms with Crippen LogP contribution < -0.4 is 16.4 Å². The number of rotatable bonds is 3. The van der Waals surface area contributed by atoms with Crippen LogP contribution in [-0.4, -0.2) is 16.6 Å². The largest absolute Gasteiger partial charge is 0.391 e. The molecule has 0 aliphatic heterocycles. The summed E-state index contributed by atoms with van der Waals surface area (Å²) in [5.74, 6) is 0. The number of urea groups is 1. The number of nitrogens with two attached hydrogens (primary N) is 1. The molecule has 0 unspecified atom stereocenters. The van der Waals surface area contributed by atoms with Gasteiger partial charge in [0.2, 0.25) is 0 Å². The van der Waals surface area contributed by atoms with E-state index in [1.54, 1.807) is 13.8 Å². The molecule has 5 heteroatoms. The van der Waals surface area contributed by atoms with Crippen molar-refractivity contribution in [3.8, 4) is 0 Å². The average molecular weight is 287 g/mol. The minimum Gasteiger partial charge on any atom is -0.391 e. The number of hydrogen-bond acceptors (Lipinski definition) is 2. The van der Waals surface area contributed by atoms with Gasteiger partial charge < -0.3 is 16.4 Å². The summed E-state index contributed by atoms with van der Waals surface area (Å²) in [7, 11) is 0. The molecule has 2 rings (SSSR count). The van der Waals surface area contributed by atoms with Gasteiger partial charge in [-0.2, -0.15) is 0 Å². The first-order chi connectivity index (χ1) is 9.40. The standard InChI is InChI=1S/C15H17N3OS/c1-15(2,13(16)20)18-14(19)17-12-9-5-7-10-6-3-4-8-11(10)12/h3-9H,1-2H3,(H2,16,20)(H2,17,18,19). The van der Waals surface area contributed by atoms with Gasteiger partial charge in [-0.1, -0.05) is 48.6 Å². The van der Waals surface area contributed by atoms with Crippen molar-refractivity contribution in [1.82, 2.24) is 5.32 Å². The van der Waals surface area contributed by atoms with E-state index in [2.05, 4.69) is 10.6 Å². The highest BCUT2D eigenvalue weighted by molar-refractivity contribution is 7.80. The molecule has 0 aliphatic carbocycles. The van der Waals surface area contributed by atoms with E-state index in [0.29, 0.717) is 0 Å². The minimum atomic E-state index is -0.732. The van der Waals surface area contributed by atoms with E-state index < -0.39 is 5.54 Å². The lowest BCUT2D eigenvalue weighted by Crippen LogP contribution is -2.53. The van der Waals surface area contributed by atoms with Crippen molar-refractivity contribution < 1.29 is 4.79 Å². The van der Waals surface area contributed by atoms with Crippen molar-refractivity contribution in [3.05, 3.63) is 42.5 Å². The fraction of sp³-hybridized carbons (Fsp3) is 0.200. The van der Waals surface area contributed by atoms with Crippen LogP contribution >= 0.6 is 12.2 Å². The van der Waals surface area contributed by atoms with Crippen LogP contribution in [0, 0.1) is 0 Å². The molecule has 4 nitrogen and oxygen atoms in total. The van der Waals surface area contributed by atoms with Crippen molar-refractivity contribution in [1.29, 1.82) is 0 Å². The number of carbonyl (C=O) groups is 1. The molecule has 2 amide bonds. The molecular formula is C15H17N3OS. The van der Waals surface area contributed by atoms with Crippen molar-refractivity contribution >= 4 is 39.7 Å². The third kappa shape index (κ3) is 3.05. The van der Waals surface area contributed by atoms with E-state index >= 15 is 0 Å². The Labute approximate surface area is 123 Å². The van der Waals surface area contributed by atoms with Crippen molar-refractivity contribution in [2.45, 2.75) is 19.4 Å². The van der Waals surface area contributed by atoms with Gasteiger partial charge in [0.25, 0.3) is 0 Å². The van der Waals surface area contributed by atoms with E-state index in [9.17, 15) is 4.79 Å². The molecule has 2 aromatic rings. The molecule has 0 saturated heterocycles. The number of anilines is 1. The molecule has 0 fully saturated rings. The third-order valence-electron chi connectivity index (χ3n) is 3.08. The highest BCUT2D eigenvalue weighted by Gasteiger charge is 2.23. The van der Waals surface area contributed by atoms with Gasteiger partial charge in [0.05, 0.1) is 16.2 Å². The first-order valence-corrected chi connectivity index (χ1v) is 6.68. The van der Waals surface area contributed by atoms with Gasteiger partial charge in [0.1, 0.15) is 0 Å². The van der Waals surface area contributed by atoms with Crippen LogP contribution in [0.15, 0.2) is 42.5 Å². The van der Waals surface area contributed by atoms with E-state index in [1.165, 1.54) is 0 Å². The summed E-state index contributed by atoms with van der Waals surface area (Å²) in [6.07, 6.45) is 0. The maximum Gasteiger partial charge on any atom is 0.320 e. The SMILES string of the molecule is CC(C)(NC(=O)Nc1cccc2ccccc12)C(N)=S. The van der Waals surface area contributed by atoms with Gasteiger partial charge in [0.15, 0.2) is 0 Å². The van der Waals surface area contributed by atoms with E-state index in [-0.39, 0.29) is 11.0 Å². The summed E-state index contributed by atoms with van der Waals surface area (Å²) in [4.78, 5) is 12.3. The highest BCUT2D eigenvalue weighted by Crippen LogP contribution is 2.22. The Morgan fingerprint density at radius 2 is 1.80 bits per heavy atom. The molecule has 104 valence electrons. The molecule has 2 aromatic carbocycles. The van der Waals surface area contributed by atoms with Gasteiger partial charge >= 0.3 is 6.03 Å². The summed E-state index contributed by atoms with van der Waals surface area (Å²) >= 11 is 4.93. The fourth-order valence-corrected chi connectivity index (χ4v) is 1.88. The lowest BCUT2D eigenvalue weighted by atomic mass is 10.1. The molecule has 0 aliphatic rings. The lowest BCUT2D eigenvalue weighted by Gasteiger charge is -2.25. The van der Waals surface area contributed by atoms with Crippen molar-refractivity contribution in [2.24, 2.45) is 5.73 Å². The Kier molecular flexibility index (Phi) is 3.90. The van der Waals surface area contributed by atoms with Crippen LogP contribution in [0.2, 0.25) is 0 Å². The maximum atomic E-state index is 12.0. The number of amides is 2. The summed E-state index contributed by atoms with van der Waals surface area (Å²) in [5, 5.41) is 7.64. The second-order valence-electron chi connectivity index (χ2n) is 5.10. The molecule has 0 spiro atoms. The van der Waals surface area contributed by atoms with Crippen molar-refractivity contribution in [3.63, 3.8) is 0 Å². The Bertz CT molecular complexity index is 662. The number of benzene rings is 2. The monoisotopic (exact) mass is 287 g/mol. The number of carbonyl (C=O) groups excluding carboxylic acids is 1. The molecule has 20 heavy (non-hydrogen) atoms. The molecule has 0 aromatic heterocycles. The quantitative estimate of drug-likeness (QED) is 0.760. The molecule has 0 heterocycles. The Balaban J connectivity index is 2.21. The smallest absolute Gasteiger partial charge is 0.320 e. The molecule has 0 saturated carbocycles. The summed E-state index contributed by atoms with van der Waals surface area (Å²) in [6.45, 7) is 3.52. The van der Waals surface area contributed by atoms with Gasteiger partial charge in [-0.3, -0.25) is 0 Å².